The van der Waals surface area contributed by atoms with Crippen LogP contribution in [0, 0.1) is 0 Å². The Bertz CT molecular complexity index is 619. The van der Waals surface area contributed by atoms with Gasteiger partial charge in [-0.1, -0.05) is 0 Å². The summed E-state index contributed by atoms with van der Waals surface area (Å²) in [6, 6.07) is 1.35. The molecule has 128 valence electrons. The standard InChI is InChI=1S/C12H14F3N3O5/c13-12(14,15)5-10(19)22-6-7-1-2-9(23-7)18-4-3-8(17-21)16-11(18)20/h3-4,7,9,21H,1-2,5-6H2,(H,16,17,20)/t7-,9+/m0/s1. The van der Waals surface area contributed by atoms with E-state index < -0.39 is 36.6 Å². The van der Waals surface area contributed by atoms with Gasteiger partial charge in [-0.05, 0) is 18.9 Å². The first-order valence-corrected chi connectivity index (χ1v) is 6.65. The van der Waals surface area contributed by atoms with Crippen LogP contribution in [0.25, 0.3) is 0 Å². The SMILES string of the molecule is O=C(CC(F)(F)F)OC[C@@H]1CC[C@H](n2ccc(NO)nc2=O)O1. The number of rotatable bonds is 5. The first kappa shape index (κ1) is 17.2. The fourth-order valence-corrected chi connectivity index (χ4v) is 2.11. The molecule has 1 aliphatic heterocycles. The Labute approximate surface area is 127 Å². The first-order valence-electron chi connectivity index (χ1n) is 6.65. The zero-order chi connectivity index (χ0) is 17.0. The Kier molecular flexibility index (Phi) is 5.21. The molecule has 23 heavy (non-hydrogen) atoms. The Morgan fingerprint density at radius 2 is 2.26 bits per heavy atom. The fraction of sp³-hybridized carbons (Fsp3) is 0.583. The molecule has 0 amide bonds. The molecule has 1 saturated heterocycles. The quantitative estimate of drug-likeness (QED) is 0.615. The number of hydrogen-bond acceptors (Lipinski definition) is 7. The van der Waals surface area contributed by atoms with E-state index in [1.165, 1.54) is 16.8 Å². The Balaban J connectivity index is 1.87. The van der Waals surface area contributed by atoms with E-state index in [0.29, 0.717) is 12.8 Å². The van der Waals surface area contributed by atoms with Crippen molar-refractivity contribution in [3.8, 4) is 0 Å². The number of carbonyl (C=O) groups is 1. The molecule has 0 aliphatic carbocycles. The average Bonchev–Trinajstić information content (AvgIpc) is 2.91. The van der Waals surface area contributed by atoms with Crippen LogP contribution >= 0.6 is 0 Å². The van der Waals surface area contributed by atoms with Gasteiger partial charge in [0.15, 0.2) is 5.82 Å². The van der Waals surface area contributed by atoms with Crippen molar-refractivity contribution in [2.24, 2.45) is 0 Å². The molecule has 8 nitrogen and oxygen atoms in total. The highest BCUT2D eigenvalue weighted by molar-refractivity contribution is 5.70. The van der Waals surface area contributed by atoms with Crippen molar-refractivity contribution in [2.45, 2.75) is 37.8 Å². The van der Waals surface area contributed by atoms with E-state index in [2.05, 4.69) is 9.72 Å². The Hall–Kier alpha value is -2.14. The van der Waals surface area contributed by atoms with Gasteiger partial charge >= 0.3 is 17.8 Å². The number of hydrogen-bond donors (Lipinski definition) is 2. The molecule has 11 heteroatoms. The molecular weight excluding hydrogens is 323 g/mol. The molecule has 1 aliphatic rings. The van der Waals surface area contributed by atoms with E-state index in [1.54, 1.807) is 5.48 Å². The number of nitrogens with zero attached hydrogens (tertiary/aromatic N) is 2. The molecule has 1 fully saturated rings. The molecule has 0 spiro atoms. The normalized spacial score (nSPS) is 21.2. The molecule has 0 aromatic carbocycles. The summed E-state index contributed by atoms with van der Waals surface area (Å²) in [7, 11) is 0. The largest absolute Gasteiger partial charge is 0.463 e. The van der Waals surface area contributed by atoms with Crippen molar-refractivity contribution < 1.29 is 32.6 Å². The van der Waals surface area contributed by atoms with Gasteiger partial charge in [0.2, 0.25) is 0 Å². The third kappa shape index (κ3) is 4.93. The maximum atomic E-state index is 12.0. The number of anilines is 1. The third-order valence-electron chi connectivity index (χ3n) is 3.11. The van der Waals surface area contributed by atoms with Gasteiger partial charge in [0.05, 0.1) is 6.10 Å². The summed E-state index contributed by atoms with van der Waals surface area (Å²) in [5, 5.41) is 8.64. The molecule has 0 unspecified atom stereocenters. The van der Waals surface area contributed by atoms with Crippen molar-refractivity contribution in [1.82, 2.24) is 9.55 Å². The molecule has 0 saturated carbocycles. The van der Waals surface area contributed by atoms with Gasteiger partial charge in [-0.15, -0.1) is 0 Å². The summed E-state index contributed by atoms with van der Waals surface area (Å²) in [6.45, 7) is -0.316. The lowest BCUT2D eigenvalue weighted by molar-refractivity contribution is -0.174. The molecule has 1 aromatic rings. The highest BCUT2D eigenvalue weighted by atomic mass is 19.4. The van der Waals surface area contributed by atoms with Crippen LogP contribution in [0.1, 0.15) is 25.5 Å². The van der Waals surface area contributed by atoms with Crippen molar-refractivity contribution in [1.29, 1.82) is 0 Å². The minimum Gasteiger partial charge on any atom is -0.463 e. The van der Waals surface area contributed by atoms with E-state index in [0.717, 1.165) is 0 Å². The monoisotopic (exact) mass is 337 g/mol. The summed E-state index contributed by atoms with van der Waals surface area (Å²) in [5.74, 6) is -1.40. The number of carbonyl (C=O) groups excluding carboxylic acids is 1. The van der Waals surface area contributed by atoms with Crippen molar-refractivity contribution in [2.75, 3.05) is 12.1 Å². The minimum atomic E-state index is -4.61. The van der Waals surface area contributed by atoms with Gasteiger partial charge in [0.1, 0.15) is 19.3 Å². The van der Waals surface area contributed by atoms with Crippen LogP contribution in [0.3, 0.4) is 0 Å². The van der Waals surface area contributed by atoms with E-state index in [9.17, 15) is 22.8 Å². The predicted octanol–water partition coefficient (Wildman–Crippen LogP) is 1.22. The van der Waals surface area contributed by atoms with E-state index >= 15 is 0 Å². The van der Waals surface area contributed by atoms with E-state index in [4.69, 9.17) is 9.94 Å². The van der Waals surface area contributed by atoms with E-state index in [1.807, 2.05) is 0 Å². The molecule has 0 bridgehead atoms. The van der Waals surface area contributed by atoms with Gasteiger partial charge in [-0.3, -0.25) is 20.0 Å². The number of aromatic nitrogens is 2. The van der Waals surface area contributed by atoms with Crippen LogP contribution in [0.15, 0.2) is 17.1 Å². The minimum absolute atomic E-state index is 0.0260. The summed E-state index contributed by atoms with van der Waals surface area (Å²) in [6.07, 6.45) is -5.34. The van der Waals surface area contributed by atoms with Crippen LogP contribution in [0.5, 0.6) is 0 Å². The molecule has 0 radical (unpaired) electrons. The lowest BCUT2D eigenvalue weighted by atomic mass is 10.2. The van der Waals surface area contributed by atoms with Crippen LogP contribution < -0.4 is 11.2 Å². The molecule has 2 rings (SSSR count). The number of halogens is 3. The number of alkyl halides is 3. The first-order chi connectivity index (χ1) is 10.8. The van der Waals surface area contributed by atoms with Gasteiger partial charge < -0.3 is 9.47 Å². The van der Waals surface area contributed by atoms with E-state index in [-0.39, 0.29) is 12.4 Å². The summed E-state index contributed by atoms with van der Waals surface area (Å²) >= 11 is 0. The zero-order valence-electron chi connectivity index (χ0n) is 11.7. The van der Waals surface area contributed by atoms with Crippen molar-refractivity contribution in [3.63, 3.8) is 0 Å². The van der Waals surface area contributed by atoms with Gasteiger partial charge in [-0.25, -0.2) is 4.79 Å². The van der Waals surface area contributed by atoms with Gasteiger partial charge in [-0.2, -0.15) is 18.2 Å². The lowest BCUT2D eigenvalue weighted by Crippen LogP contribution is -2.28. The second-order valence-electron chi connectivity index (χ2n) is 4.88. The van der Waals surface area contributed by atoms with Crippen LogP contribution in [-0.4, -0.2) is 39.6 Å². The second-order valence-corrected chi connectivity index (χ2v) is 4.88. The average molecular weight is 337 g/mol. The van der Waals surface area contributed by atoms with Gasteiger partial charge in [0.25, 0.3) is 0 Å². The summed E-state index contributed by atoms with van der Waals surface area (Å²) in [4.78, 5) is 26.3. The molecule has 2 N–H and O–H groups in total. The molecular formula is C12H14F3N3O5. The topological polar surface area (TPSA) is 103 Å². The second kappa shape index (κ2) is 6.96. The third-order valence-corrected chi connectivity index (χ3v) is 3.11. The number of nitrogens with one attached hydrogen (secondary N) is 1. The Morgan fingerprint density at radius 1 is 1.52 bits per heavy atom. The maximum absolute atomic E-state index is 12.0. The molecule has 1 aromatic heterocycles. The lowest BCUT2D eigenvalue weighted by Gasteiger charge is -2.16. The predicted molar refractivity (Wildman–Crippen MR) is 68.7 cm³/mol. The van der Waals surface area contributed by atoms with Crippen LogP contribution in [0.2, 0.25) is 0 Å². The van der Waals surface area contributed by atoms with Crippen LogP contribution in [0.4, 0.5) is 19.0 Å². The Morgan fingerprint density at radius 3 is 2.87 bits per heavy atom. The maximum Gasteiger partial charge on any atom is 0.399 e. The zero-order valence-corrected chi connectivity index (χ0v) is 11.7. The fourth-order valence-electron chi connectivity index (χ4n) is 2.11. The van der Waals surface area contributed by atoms with Crippen molar-refractivity contribution in [3.05, 3.63) is 22.7 Å². The number of esters is 1. The van der Waals surface area contributed by atoms with Crippen LogP contribution in [-0.2, 0) is 14.3 Å². The smallest absolute Gasteiger partial charge is 0.399 e. The molecule has 2 heterocycles. The van der Waals surface area contributed by atoms with Crippen molar-refractivity contribution >= 4 is 11.8 Å². The summed E-state index contributed by atoms with van der Waals surface area (Å²) < 4.78 is 47.2. The highest BCUT2D eigenvalue weighted by Gasteiger charge is 2.33. The van der Waals surface area contributed by atoms with Gasteiger partial charge in [0, 0.05) is 6.20 Å². The summed E-state index contributed by atoms with van der Waals surface area (Å²) in [5.41, 5.74) is 1.07. The number of ether oxygens (including phenoxy) is 2. The highest BCUT2D eigenvalue weighted by Crippen LogP contribution is 2.27. The molecule has 2 atom stereocenters.